The maximum absolute atomic E-state index is 11.9. The molecular formula is C39H25N3O2. The first-order valence-corrected chi connectivity index (χ1v) is 14.5. The second kappa shape index (κ2) is 10.3. The molecule has 208 valence electrons. The molecule has 0 saturated heterocycles. The number of hydrogen-bond acceptors (Lipinski definition) is 3. The largest absolute Gasteiger partial charge is 0.309 e. The fourth-order valence-corrected chi connectivity index (χ4v) is 6.27. The highest BCUT2D eigenvalue weighted by molar-refractivity contribution is 6.22. The summed E-state index contributed by atoms with van der Waals surface area (Å²) in [6.07, 6.45) is 0. The van der Waals surface area contributed by atoms with Gasteiger partial charge in [-0.15, -0.1) is 0 Å². The Hall–Kier alpha value is -6.07. The maximum Gasteiger partial charge on any atom is 0.277 e. The summed E-state index contributed by atoms with van der Waals surface area (Å²) in [6.45, 7) is 0. The number of para-hydroxylation sites is 1. The number of pyridine rings is 1. The summed E-state index contributed by atoms with van der Waals surface area (Å²) in [4.78, 5) is 16.7. The number of nitrogens with zero attached hydrogens (tertiary/aromatic N) is 3. The summed E-state index contributed by atoms with van der Waals surface area (Å²) < 4.78 is 2.29. The summed E-state index contributed by atoms with van der Waals surface area (Å²) in [6, 6.07) is 50.6. The van der Waals surface area contributed by atoms with Crippen LogP contribution in [0.2, 0.25) is 0 Å². The normalized spacial score (nSPS) is 11.4. The van der Waals surface area contributed by atoms with E-state index in [4.69, 9.17) is 4.98 Å². The average molecular weight is 568 g/mol. The van der Waals surface area contributed by atoms with Crippen molar-refractivity contribution in [1.29, 1.82) is 0 Å². The standard InChI is InChI=1S/C39H25N3O2/c43-42(44)37-18-10-9-16-31(37)29-20-21-36-33(23-29)39-32-17-8-7-11-26(32)19-22-38(39)41(36)30-24-34(27-12-3-1-4-13-27)40-35(25-30)28-14-5-2-6-15-28/h1-25H. The minimum Gasteiger partial charge on any atom is -0.309 e. The van der Waals surface area contributed by atoms with Crippen LogP contribution < -0.4 is 0 Å². The number of aromatic nitrogens is 2. The molecule has 0 bridgehead atoms. The van der Waals surface area contributed by atoms with Gasteiger partial charge in [-0.05, 0) is 52.7 Å². The molecule has 5 nitrogen and oxygen atoms in total. The second-order valence-electron chi connectivity index (χ2n) is 10.9. The minimum absolute atomic E-state index is 0.0922. The average Bonchev–Trinajstić information content (AvgIpc) is 3.43. The van der Waals surface area contributed by atoms with E-state index in [9.17, 15) is 10.1 Å². The summed E-state index contributed by atoms with van der Waals surface area (Å²) in [5, 5.41) is 16.3. The van der Waals surface area contributed by atoms with Gasteiger partial charge < -0.3 is 4.57 Å². The van der Waals surface area contributed by atoms with Crippen molar-refractivity contribution >= 4 is 38.3 Å². The predicted molar refractivity (Wildman–Crippen MR) is 179 cm³/mol. The van der Waals surface area contributed by atoms with E-state index in [0.29, 0.717) is 5.56 Å². The van der Waals surface area contributed by atoms with E-state index in [1.165, 1.54) is 0 Å². The first kappa shape index (κ1) is 25.6. The number of fused-ring (bicyclic) bond motifs is 5. The molecule has 5 heteroatoms. The van der Waals surface area contributed by atoms with Gasteiger partial charge in [0.1, 0.15) is 0 Å². The van der Waals surface area contributed by atoms with Crippen LogP contribution in [0.15, 0.2) is 152 Å². The van der Waals surface area contributed by atoms with Gasteiger partial charge in [-0.1, -0.05) is 109 Å². The molecule has 0 aliphatic carbocycles. The Morgan fingerprint density at radius 3 is 1.86 bits per heavy atom. The molecule has 6 aromatic carbocycles. The lowest BCUT2D eigenvalue weighted by molar-refractivity contribution is -0.384. The number of nitro groups is 1. The van der Waals surface area contributed by atoms with Crippen molar-refractivity contribution in [2.24, 2.45) is 0 Å². The molecule has 8 aromatic rings. The van der Waals surface area contributed by atoms with E-state index in [1.54, 1.807) is 12.1 Å². The Morgan fingerprint density at radius 1 is 0.545 bits per heavy atom. The van der Waals surface area contributed by atoms with Crippen LogP contribution in [-0.2, 0) is 0 Å². The third-order valence-electron chi connectivity index (χ3n) is 8.27. The van der Waals surface area contributed by atoms with E-state index in [2.05, 4.69) is 83.4 Å². The van der Waals surface area contributed by atoms with E-state index < -0.39 is 0 Å². The van der Waals surface area contributed by atoms with Crippen LogP contribution in [0, 0.1) is 10.1 Å². The molecule has 0 fully saturated rings. The Bertz CT molecular complexity index is 2300. The van der Waals surface area contributed by atoms with Crippen molar-refractivity contribution in [3.8, 4) is 39.3 Å². The summed E-state index contributed by atoms with van der Waals surface area (Å²) in [5.41, 5.74) is 8.41. The van der Waals surface area contributed by atoms with Gasteiger partial charge in [-0.3, -0.25) is 10.1 Å². The first-order valence-electron chi connectivity index (χ1n) is 14.5. The van der Waals surface area contributed by atoms with Crippen LogP contribution in [0.4, 0.5) is 5.69 Å². The SMILES string of the molecule is O=[N+]([O-])c1ccccc1-c1ccc2c(c1)c1c3ccccc3ccc1n2-c1cc(-c2ccccc2)nc(-c2ccccc2)c1. The van der Waals surface area contributed by atoms with Crippen LogP contribution in [0.5, 0.6) is 0 Å². The Morgan fingerprint density at radius 2 is 1.16 bits per heavy atom. The van der Waals surface area contributed by atoms with Gasteiger partial charge in [0.25, 0.3) is 5.69 Å². The molecule has 0 saturated carbocycles. The quantitative estimate of drug-likeness (QED) is 0.154. The highest BCUT2D eigenvalue weighted by Crippen LogP contribution is 2.41. The van der Waals surface area contributed by atoms with Crippen LogP contribution in [0.1, 0.15) is 0 Å². The predicted octanol–water partition coefficient (Wildman–Crippen LogP) is 10.2. The zero-order valence-electron chi connectivity index (χ0n) is 23.6. The lowest BCUT2D eigenvalue weighted by Crippen LogP contribution is -1.98. The van der Waals surface area contributed by atoms with E-state index >= 15 is 0 Å². The monoisotopic (exact) mass is 567 g/mol. The number of hydrogen-bond donors (Lipinski definition) is 0. The third kappa shape index (κ3) is 4.22. The van der Waals surface area contributed by atoms with Crippen molar-refractivity contribution < 1.29 is 4.92 Å². The first-order chi connectivity index (χ1) is 21.7. The number of nitro benzene ring substituents is 1. The smallest absolute Gasteiger partial charge is 0.277 e. The molecule has 0 N–H and O–H groups in total. The van der Waals surface area contributed by atoms with Gasteiger partial charge in [0.2, 0.25) is 0 Å². The van der Waals surface area contributed by atoms with Crippen molar-refractivity contribution in [3.05, 3.63) is 162 Å². The Labute approximate surface area is 253 Å². The molecule has 0 aliphatic heterocycles. The molecule has 2 aromatic heterocycles. The lowest BCUT2D eigenvalue weighted by Gasteiger charge is -2.13. The van der Waals surface area contributed by atoms with Gasteiger partial charge in [0, 0.05) is 28.0 Å². The summed E-state index contributed by atoms with van der Waals surface area (Å²) in [5.74, 6) is 0. The maximum atomic E-state index is 11.9. The van der Waals surface area contributed by atoms with Crippen LogP contribution in [-0.4, -0.2) is 14.5 Å². The third-order valence-corrected chi connectivity index (χ3v) is 8.27. The lowest BCUT2D eigenvalue weighted by atomic mass is 9.99. The van der Waals surface area contributed by atoms with Crippen LogP contribution in [0.3, 0.4) is 0 Å². The Kier molecular flexibility index (Phi) is 6.02. The molecule has 0 atom stereocenters. The molecule has 2 heterocycles. The van der Waals surface area contributed by atoms with Crippen molar-refractivity contribution in [3.63, 3.8) is 0 Å². The molecule has 0 amide bonds. The second-order valence-corrected chi connectivity index (χ2v) is 10.9. The number of rotatable bonds is 5. The van der Waals surface area contributed by atoms with Gasteiger partial charge >= 0.3 is 0 Å². The van der Waals surface area contributed by atoms with E-state index in [-0.39, 0.29) is 10.6 Å². The molecule has 44 heavy (non-hydrogen) atoms. The molecule has 0 radical (unpaired) electrons. The van der Waals surface area contributed by atoms with Crippen molar-refractivity contribution in [1.82, 2.24) is 9.55 Å². The van der Waals surface area contributed by atoms with Crippen molar-refractivity contribution in [2.75, 3.05) is 0 Å². The summed E-state index contributed by atoms with van der Waals surface area (Å²) >= 11 is 0. The summed E-state index contributed by atoms with van der Waals surface area (Å²) in [7, 11) is 0. The molecule has 8 rings (SSSR count). The molecule has 0 spiro atoms. The molecular weight excluding hydrogens is 542 g/mol. The Balaban J connectivity index is 1.47. The van der Waals surface area contributed by atoms with E-state index in [1.807, 2.05) is 60.7 Å². The highest BCUT2D eigenvalue weighted by atomic mass is 16.6. The highest BCUT2D eigenvalue weighted by Gasteiger charge is 2.20. The van der Waals surface area contributed by atoms with Gasteiger partial charge in [0.05, 0.1) is 38.6 Å². The molecule has 0 aliphatic rings. The fraction of sp³-hybridized carbons (Fsp3) is 0. The van der Waals surface area contributed by atoms with Gasteiger partial charge in [-0.2, -0.15) is 0 Å². The zero-order chi connectivity index (χ0) is 29.6. The number of benzene rings is 6. The van der Waals surface area contributed by atoms with Gasteiger partial charge in [-0.25, -0.2) is 4.98 Å². The van der Waals surface area contributed by atoms with E-state index in [0.717, 1.165) is 66.3 Å². The van der Waals surface area contributed by atoms with Gasteiger partial charge in [0.15, 0.2) is 0 Å². The van der Waals surface area contributed by atoms with Crippen LogP contribution >= 0.6 is 0 Å². The zero-order valence-corrected chi connectivity index (χ0v) is 23.6. The van der Waals surface area contributed by atoms with Crippen LogP contribution in [0.25, 0.3) is 71.9 Å². The molecule has 0 unspecified atom stereocenters. The minimum atomic E-state index is -0.314. The fourth-order valence-electron chi connectivity index (χ4n) is 6.27. The van der Waals surface area contributed by atoms with Crippen molar-refractivity contribution in [2.45, 2.75) is 0 Å². The topological polar surface area (TPSA) is 61.0 Å².